The van der Waals surface area contributed by atoms with Gasteiger partial charge in [-0.25, -0.2) is 4.79 Å². The van der Waals surface area contributed by atoms with E-state index >= 15 is 0 Å². The lowest BCUT2D eigenvalue weighted by molar-refractivity contribution is 0.0696. The molecule has 0 aliphatic rings. The smallest absolute Gasteiger partial charge is 0.336 e. The number of benzene rings is 1. The number of aromatic carboxylic acids is 1. The van der Waals surface area contributed by atoms with Crippen molar-refractivity contribution in [2.75, 3.05) is 5.32 Å². The third-order valence-corrected chi connectivity index (χ3v) is 3.36. The highest BCUT2D eigenvalue weighted by atomic mass is 16.4. The maximum atomic E-state index is 11.1. The van der Waals surface area contributed by atoms with Crippen molar-refractivity contribution in [2.45, 2.75) is 26.8 Å². The van der Waals surface area contributed by atoms with Crippen LogP contribution < -0.4 is 5.32 Å². The molecule has 1 aromatic carbocycles. The molecule has 0 fully saturated rings. The number of hydrogen-bond donors (Lipinski definition) is 2. The Kier molecular flexibility index (Phi) is 4.08. The van der Waals surface area contributed by atoms with Crippen LogP contribution in [0.2, 0.25) is 0 Å². The molecule has 0 saturated carbocycles. The van der Waals surface area contributed by atoms with E-state index in [2.05, 4.69) is 17.3 Å². The summed E-state index contributed by atoms with van der Waals surface area (Å²) in [6, 6.07) is 5.26. The molecule has 0 unspecified atom stereocenters. The summed E-state index contributed by atoms with van der Waals surface area (Å²) in [7, 11) is 1.90. The van der Waals surface area contributed by atoms with E-state index in [-0.39, 0.29) is 0 Å². The Morgan fingerprint density at radius 2 is 2.20 bits per heavy atom. The number of aromatic nitrogens is 2. The summed E-state index contributed by atoms with van der Waals surface area (Å²) in [5, 5.41) is 16.8. The Bertz CT molecular complexity index is 632. The molecule has 0 aliphatic heterocycles. The zero-order chi connectivity index (χ0) is 14.7. The Hall–Kier alpha value is -2.30. The van der Waals surface area contributed by atoms with Gasteiger partial charge in [0.2, 0.25) is 0 Å². The third-order valence-electron chi connectivity index (χ3n) is 3.36. The van der Waals surface area contributed by atoms with Crippen molar-refractivity contribution in [3.8, 4) is 0 Å². The predicted octanol–water partition coefficient (Wildman–Crippen LogP) is 2.60. The van der Waals surface area contributed by atoms with Gasteiger partial charge < -0.3 is 10.4 Å². The topological polar surface area (TPSA) is 67.2 Å². The maximum absolute atomic E-state index is 11.1. The lowest BCUT2D eigenvalue weighted by Crippen LogP contribution is -2.06. The number of nitrogens with zero attached hydrogens (tertiary/aromatic N) is 2. The zero-order valence-corrected chi connectivity index (χ0v) is 12.0. The van der Waals surface area contributed by atoms with Gasteiger partial charge in [-0.1, -0.05) is 13.0 Å². The average molecular weight is 273 g/mol. The number of carboxylic acid groups (broad SMARTS) is 1. The Morgan fingerprint density at radius 1 is 1.45 bits per heavy atom. The first-order valence-electron chi connectivity index (χ1n) is 6.61. The molecule has 5 heteroatoms. The summed E-state index contributed by atoms with van der Waals surface area (Å²) in [5.41, 5.74) is 4.12. The van der Waals surface area contributed by atoms with Crippen LogP contribution in [0.3, 0.4) is 0 Å². The van der Waals surface area contributed by atoms with Gasteiger partial charge in [-0.2, -0.15) is 5.10 Å². The fraction of sp³-hybridized carbons (Fsp3) is 0.333. The molecule has 2 aromatic rings. The highest BCUT2D eigenvalue weighted by Gasteiger charge is 2.11. The lowest BCUT2D eigenvalue weighted by atomic mass is 10.1. The van der Waals surface area contributed by atoms with Crippen LogP contribution in [-0.2, 0) is 20.0 Å². The summed E-state index contributed by atoms with van der Waals surface area (Å²) in [6.07, 6.45) is 2.87. The fourth-order valence-corrected chi connectivity index (χ4v) is 2.28. The first kappa shape index (κ1) is 14.1. The van der Waals surface area contributed by atoms with Crippen LogP contribution in [0, 0.1) is 6.92 Å². The molecule has 20 heavy (non-hydrogen) atoms. The molecule has 5 nitrogen and oxygen atoms in total. The second kappa shape index (κ2) is 5.77. The van der Waals surface area contributed by atoms with E-state index in [1.165, 1.54) is 0 Å². The summed E-state index contributed by atoms with van der Waals surface area (Å²) in [5.74, 6) is -0.901. The minimum absolute atomic E-state index is 0.330. The molecule has 0 saturated heterocycles. The van der Waals surface area contributed by atoms with Gasteiger partial charge in [-0.3, -0.25) is 4.68 Å². The van der Waals surface area contributed by atoms with Gasteiger partial charge in [0.25, 0.3) is 0 Å². The van der Waals surface area contributed by atoms with Crippen LogP contribution in [0.25, 0.3) is 0 Å². The molecule has 0 aliphatic carbocycles. The largest absolute Gasteiger partial charge is 0.478 e. The van der Waals surface area contributed by atoms with Gasteiger partial charge in [0.15, 0.2) is 0 Å². The molecular weight excluding hydrogens is 254 g/mol. The Labute approximate surface area is 118 Å². The summed E-state index contributed by atoms with van der Waals surface area (Å²) in [4.78, 5) is 11.1. The van der Waals surface area contributed by atoms with E-state index < -0.39 is 5.97 Å². The van der Waals surface area contributed by atoms with Crippen molar-refractivity contribution in [1.29, 1.82) is 0 Å². The molecule has 2 N–H and O–H groups in total. The van der Waals surface area contributed by atoms with E-state index in [9.17, 15) is 4.79 Å². The van der Waals surface area contributed by atoms with Gasteiger partial charge in [0.05, 0.1) is 11.3 Å². The van der Waals surface area contributed by atoms with Gasteiger partial charge in [0, 0.05) is 31.0 Å². The molecule has 0 amide bonds. The van der Waals surface area contributed by atoms with E-state index in [0.29, 0.717) is 12.1 Å². The maximum Gasteiger partial charge on any atom is 0.336 e. The number of anilines is 1. The summed E-state index contributed by atoms with van der Waals surface area (Å²) < 4.78 is 1.80. The number of carbonyl (C=O) groups is 1. The standard InChI is InChI=1S/C15H19N3O2/c1-4-13-11(9-18(3)17-13)8-16-14-7-5-6-12(10(14)2)15(19)20/h5-7,9,16H,4,8H2,1-3H3,(H,19,20). The molecular formula is C15H19N3O2. The van der Waals surface area contributed by atoms with Gasteiger partial charge in [-0.15, -0.1) is 0 Å². The van der Waals surface area contributed by atoms with Crippen molar-refractivity contribution in [3.63, 3.8) is 0 Å². The van der Waals surface area contributed by atoms with Gasteiger partial charge in [-0.05, 0) is 31.0 Å². The number of nitrogens with one attached hydrogen (secondary N) is 1. The van der Waals surface area contributed by atoms with Crippen molar-refractivity contribution in [3.05, 3.63) is 46.8 Å². The predicted molar refractivity (Wildman–Crippen MR) is 78.1 cm³/mol. The average Bonchev–Trinajstić information content (AvgIpc) is 2.77. The summed E-state index contributed by atoms with van der Waals surface area (Å²) >= 11 is 0. The quantitative estimate of drug-likeness (QED) is 0.878. The third kappa shape index (κ3) is 2.82. The minimum atomic E-state index is -0.901. The van der Waals surface area contributed by atoms with Crippen LogP contribution in [0.15, 0.2) is 24.4 Å². The summed E-state index contributed by atoms with van der Waals surface area (Å²) in [6.45, 7) is 4.53. The van der Waals surface area contributed by atoms with E-state index in [4.69, 9.17) is 5.11 Å². The number of rotatable bonds is 5. The highest BCUT2D eigenvalue weighted by Crippen LogP contribution is 2.20. The molecule has 1 heterocycles. The van der Waals surface area contributed by atoms with Crippen LogP contribution in [0.5, 0.6) is 0 Å². The molecule has 1 aromatic heterocycles. The van der Waals surface area contributed by atoms with Gasteiger partial charge in [0.1, 0.15) is 0 Å². The van der Waals surface area contributed by atoms with E-state index in [1.807, 2.05) is 26.2 Å². The van der Waals surface area contributed by atoms with Crippen molar-refractivity contribution >= 4 is 11.7 Å². The monoisotopic (exact) mass is 273 g/mol. The highest BCUT2D eigenvalue weighted by molar-refractivity contribution is 5.91. The molecule has 106 valence electrons. The van der Waals surface area contributed by atoms with Crippen molar-refractivity contribution < 1.29 is 9.90 Å². The molecule has 0 atom stereocenters. The Balaban J connectivity index is 2.19. The first-order valence-corrected chi connectivity index (χ1v) is 6.61. The van der Waals surface area contributed by atoms with Crippen LogP contribution in [0.4, 0.5) is 5.69 Å². The van der Waals surface area contributed by atoms with Crippen LogP contribution in [0.1, 0.15) is 34.1 Å². The normalized spacial score (nSPS) is 10.6. The second-order valence-electron chi connectivity index (χ2n) is 4.77. The minimum Gasteiger partial charge on any atom is -0.478 e. The van der Waals surface area contributed by atoms with E-state index in [1.54, 1.807) is 16.8 Å². The van der Waals surface area contributed by atoms with Crippen LogP contribution in [-0.4, -0.2) is 20.9 Å². The lowest BCUT2D eigenvalue weighted by Gasteiger charge is -2.11. The molecule has 0 spiro atoms. The molecule has 0 radical (unpaired) electrons. The first-order chi connectivity index (χ1) is 9.52. The van der Waals surface area contributed by atoms with Crippen molar-refractivity contribution in [2.24, 2.45) is 7.05 Å². The van der Waals surface area contributed by atoms with Crippen LogP contribution >= 0.6 is 0 Å². The number of hydrogen-bond acceptors (Lipinski definition) is 3. The second-order valence-corrected chi connectivity index (χ2v) is 4.77. The SMILES string of the molecule is CCc1nn(C)cc1CNc1cccc(C(=O)O)c1C. The zero-order valence-electron chi connectivity index (χ0n) is 12.0. The van der Waals surface area contributed by atoms with E-state index in [0.717, 1.165) is 28.9 Å². The van der Waals surface area contributed by atoms with Crippen molar-refractivity contribution in [1.82, 2.24) is 9.78 Å². The molecule has 0 bridgehead atoms. The molecule has 2 rings (SSSR count). The number of carboxylic acids is 1. The fourth-order valence-electron chi connectivity index (χ4n) is 2.28. The van der Waals surface area contributed by atoms with Gasteiger partial charge >= 0.3 is 5.97 Å². The Morgan fingerprint density at radius 3 is 2.85 bits per heavy atom. The number of aryl methyl sites for hydroxylation is 2.